The minimum atomic E-state index is 0.823. The molecule has 1 heterocycles. The Hall–Kier alpha value is -1.12. The number of hydrogen-bond donors (Lipinski definition) is 0. The van der Waals surface area contributed by atoms with Crippen molar-refractivity contribution >= 4 is 5.95 Å². The predicted octanol–water partition coefficient (Wildman–Crippen LogP) is 2.49. The Balaban J connectivity index is 2.25. The number of aromatic nitrogens is 2. The molecule has 0 bridgehead atoms. The Morgan fingerprint density at radius 1 is 1.14 bits per heavy atom. The highest BCUT2D eigenvalue weighted by molar-refractivity contribution is 5.25. The van der Waals surface area contributed by atoms with Gasteiger partial charge in [-0.05, 0) is 12.5 Å². The van der Waals surface area contributed by atoms with E-state index in [0.29, 0.717) is 0 Å². The number of hydrogen-bond acceptors (Lipinski definition) is 3. The zero-order chi connectivity index (χ0) is 10.2. The molecule has 0 unspecified atom stereocenters. The van der Waals surface area contributed by atoms with E-state index in [1.165, 1.54) is 25.7 Å². The van der Waals surface area contributed by atoms with Crippen molar-refractivity contribution in [3.05, 3.63) is 18.5 Å². The van der Waals surface area contributed by atoms with Crippen molar-refractivity contribution in [2.24, 2.45) is 0 Å². The second-order valence-electron chi connectivity index (χ2n) is 3.53. The van der Waals surface area contributed by atoms with Gasteiger partial charge in [0.25, 0.3) is 0 Å². The maximum Gasteiger partial charge on any atom is 0.224 e. The molecular weight excluding hydrogens is 174 g/mol. The molecule has 0 fully saturated rings. The number of unbranched alkanes of at least 4 members (excludes halogenated alkanes) is 3. The summed E-state index contributed by atoms with van der Waals surface area (Å²) in [6, 6.07) is 1.84. The highest BCUT2D eigenvalue weighted by atomic mass is 15.2. The van der Waals surface area contributed by atoms with Crippen molar-refractivity contribution in [2.45, 2.75) is 32.6 Å². The molecule has 0 atom stereocenters. The molecule has 0 saturated carbocycles. The third-order valence-electron chi connectivity index (χ3n) is 2.24. The van der Waals surface area contributed by atoms with Gasteiger partial charge in [-0.25, -0.2) is 9.97 Å². The molecule has 3 nitrogen and oxygen atoms in total. The van der Waals surface area contributed by atoms with Crippen LogP contribution in [0.15, 0.2) is 18.5 Å². The summed E-state index contributed by atoms with van der Waals surface area (Å²) in [6.45, 7) is 3.27. The summed E-state index contributed by atoms with van der Waals surface area (Å²) >= 11 is 0. The summed E-state index contributed by atoms with van der Waals surface area (Å²) in [7, 11) is 2.04. The molecule has 0 amide bonds. The third-order valence-corrected chi connectivity index (χ3v) is 2.24. The van der Waals surface area contributed by atoms with Crippen LogP contribution >= 0.6 is 0 Å². The quantitative estimate of drug-likeness (QED) is 0.650. The van der Waals surface area contributed by atoms with Crippen LogP contribution in [0.3, 0.4) is 0 Å². The molecule has 1 aromatic heterocycles. The van der Waals surface area contributed by atoms with E-state index in [2.05, 4.69) is 21.8 Å². The van der Waals surface area contributed by atoms with Gasteiger partial charge in [0.15, 0.2) is 0 Å². The molecule has 0 aromatic carbocycles. The first-order valence-electron chi connectivity index (χ1n) is 5.32. The lowest BCUT2D eigenvalue weighted by molar-refractivity contribution is 0.656. The number of anilines is 1. The van der Waals surface area contributed by atoms with Crippen LogP contribution in [-0.2, 0) is 0 Å². The summed E-state index contributed by atoms with van der Waals surface area (Å²) in [5.41, 5.74) is 0. The summed E-state index contributed by atoms with van der Waals surface area (Å²) in [4.78, 5) is 10.5. The van der Waals surface area contributed by atoms with Crippen LogP contribution in [0.5, 0.6) is 0 Å². The highest BCUT2D eigenvalue weighted by Gasteiger charge is 2.01. The maximum absolute atomic E-state index is 4.19. The molecule has 0 N–H and O–H groups in total. The molecule has 1 aromatic rings. The van der Waals surface area contributed by atoms with Gasteiger partial charge < -0.3 is 4.90 Å². The van der Waals surface area contributed by atoms with Crippen LogP contribution in [0.25, 0.3) is 0 Å². The van der Waals surface area contributed by atoms with Gasteiger partial charge in [-0.15, -0.1) is 0 Å². The van der Waals surface area contributed by atoms with Gasteiger partial charge in [-0.1, -0.05) is 26.2 Å². The molecule has 0 radical (unpaired) electrons. The zero-order valence-corrected chi connectivity index (χ0v) is 9.11. The first-order chi connectivity index (χ1) is 6.84. The largest absolute Gasteiger partial charge is 0.344 e. The fraction of sp³-hybridized carbons (Fsp3) is 0.636. The SMILES string of the molecule is CCCCCCN(C)c1ncccn1. The van der Waals surface area contributed by atoms with Crippen LogP contribution in [0.1, 0.15) is 32.6 Å². The molecule has 0 spiro atoms. The summed E-state index contributed by atoms with van der Waals surface area (Å²) in [5, 5.41) is 0. The van der Waals surface area contributed by atoms with Gasteiger partial charge in [0.05, 0.1) is 0 Å². The second-order valence-corrected chi connectivity index (χ2v) is 3.53. The molecule has 0 aliphatic heterocycles. The van der Waals surface area contributed by atoms with Crippen LogP contribution in [0.2, 0.25) is 0 Å². The average Bonchev–Trinajstić information content (AvgIpc) is 2.25. The van der Waals surface area contributed by atoms with Gasteiger partial charge in [0, 0.05) is 26.0 Å². The van der Waals surface area contributed by atoms with Gasteiger partial charge in [0.2, 0.25) is 5.95 Å². The van der Waals surface area contributed by atoms with Crippen molar-refractivity contribution in [1.29, 1.82) is 0 Å². The predicted molar refractivity (Wildman–Crippen MR) is 59.4 cm³/mol. The van der Waals surface area contributed by atoms with E-state index >= 15 is 0 Å². The fourth-order valence-electron chi connectivity index (χ4n) is 1.36. The topological polar surface area (TPSA) is 29.0 Å². The van der Waals surface area contributed by atoms with Crippen molar-refractivity contribution in [2.75, 3.05) is 18.5 Å². The Morgan fingerprint density at radius 3 is 2.50 bits per heavy atom. The number of nitrogens with zero attached hydrogens (tertiary/aromatic N) is 3. The monoisotopic (exact) mass is 193 g/mol. The summed E-state index contributed by atoms with van der Waals surface area (Å²) in [5.74, 6) is 0.823. The highest BCUT2D eigenvalue weighted by Crippen LogP contribution is 2.05. The lowest BCUT2D eigenvalue weighted by atomic mass is 10.2. The van der Waals surface area contributed by atoms with Crippen LogP contribution in [0.4, 0.5) is 5.95 Å². The van der Waals surface area contributed by atoms with Crippen molar-refractivity contribution in [3.8, 4) is 0 Å². The lowest BCUT2D eigenvalue weighted by Crippen LogP contribution is -2.20. The summed E-state index contributed by atoms with van der Waals surface area (Å²) < 4.78 is 0. The Kier molecular flexibility index (Phi) is 4.97. The Bertz CT molecular complexity index is 236. The van der Waals surface area contributed by atoms with Crippen LogP contribution in [0, 0.1) is 0 Å². The first-order valence-corrected chi connectivity index (χ1v) is 5.32. The van der Waals surface area contributed by atoms with Crippen molar-refractivity contribution in [1.82, 2.24) is 9.97 Å². The third kappa shape index (κ3) is 3.73. The van der Waals surface area contributed by atoms with E-state index in [-0.39, 0.29) is 0 Å². The first kappa shape index (κ1) is 11.0. The fourth-order valence-corrected chi connectivity index (χ4v) is 1.36. The standard InChI is InChI=1S/C11H19N3/c1-3-4-5-6-10-14(2)11-12-8-7-9-13-11/h7-9H,3-6,10H2,1-2H3. The molecule has 0 aliphatic carbocycles. The molecule has 3 heteroatoms. The molecule has 78 valence electrons. The van der Waals surface area contributed by atoms with Crippen LogP contribution in [-0.4, -0.2) is 23.6 Å². The molecule has 14 heavy (non-hydrogen) atoms. The van der Waals surface area contributed by atoms with Gasteiger partial charge >= 0.3 is 0 Å². The Morgan fingerprint density at radius 2 is 1.86 bits per heavy atom. The van der Waals surface area contributed by atoms with Crippen LogP contribution < -0.4 is 4.90 Å². The molecule has 0 saturated heterocycles. The van der Waals surface area contributed by atoms with E-state index < -0.39 is 0 Å². The normalized spacial score (nSPS) is 10.1. The van der Waals surface area contributed by atoms with E-state index in [4.69, 9.17) is 0 Å². The van der Waals surface area contributed by atoms with Gasteiger partial charge in [-0.3, -0.25) is 0 Å². The van der Waals surface area contributed by atoms with E-state index in [1.807, 2.05) is 13.1 Å². The Labute approximate surface area is 86.2 Å². The number of rotatable bonds is 6. The molecule has 0 aliphatic rings. The lowest BCUT2D eigenvalue weighted by Gasteiger charge is -2.15. The van der Waals surface area contributed by atoms with Gasteiger partial charge in [0.1, 0.15) is 0 Å². The maximum atomic E-state index is 4.19. The van der Waals surface area contributed by atoms with E-state index in [9.17, 15) is 0 Å². The minimum absolute atomic E-state index is 0.823. The summed E-state index contributed by atoms with van der Waals surface area (Å²) in [6.07, 6.45) is 8.70. The smallest absolute Gasteiger partial charge is 0.224 e. The zero-order valence-electron chi connectivity index (χ0n) is 9.11. The average molecular weight is 193 g/mol. The second kappa shape index (κ2) is 6.35. The van der Waals surface area contributed by atoms with Crippen molar-refractivity contribution in [3.63, 3.8) is 0 Å². The molecular formula is C11H19N3. The minimum Gasteiger partial charge on any atom is -0.344 e. The molecule has 1 rings (SSSR count). The van der Waals surface area contributed by atoms with Gasteiger partial charge in [-0.2, -0.15) is 0 Å². The van der Waals surface area contributed by atoms with E-state index in [0.717, 1.165) is 12.5 Å². The van der Waals surface area contributed by atoms with Crippen molar-refractivity contribution < 1.29 is 0 Å². The van der Waals surface area contributed by atoms with E-state index in [1.54, 1.807) is 12.4 Å².